The number of ether oxygens (including phenoxy) is 1. The number of aryl methyl sites for hydroxylation is 1. The van der Waals surface area contributed by atoms with E-state index in [1.807, 2.05) is 23.1 Å². The molecule has 30 heavy (non-hydrogen) atoms. The molecule has 0 bridgehead atoms. The Bertz CT molecular complexity index is 1230. The lowest BCUT2D eigenvalue weighted by atomic mass is 10.1. The van der Waals surface area contributed by atoms with Gasteiger partial charge in [0.25, 0.3) is 11.5 Å². The Kier molecular flexibility index (Phi) is 4.46. The van der Waals surface area contributed by atoms with E-state index in [1.165, 1.54) is 4.40 Å². The molecule has 0 atom stereocenters. The number of nitrogens with zero attached hydrogens (tertiary/aromatic N) is 5. The molecule has 0 unspecified atom stereocenters. The van der Waals surface area contributed by atoms with Crippen LogP contribution in [0.3, 0.4) is 0 Å². The summed E-state index contributed by atoms with van der Waals surface area (Å²) in [4.78, 5) is 37.8. The van der Waals surface area contributed by atoms with Crippen molar-refractivity contribution in [3.8, 4) is 5.75 Å². The SMILES string of the molecule is Cc1cnc2cc(N3CCOc4cc(C(=O)N5CC=CCC5)cnc43)ccn2c1=O. The van der Waals surface area contributed by atoms with Gasteiger partial charge < -0.3 is 14.5 Å². The lowest BCUT2D eigenvalue weighted by Crippen LogP contribution is -2.34. The number of carbonyl (C=O) groups excluding carboxylic acids is 1. The van der Waals surface area contributed by atoms with Crippen LogP contribution < -0.4 is 15.2 Å². The lowest BCUT2D eigenvalue weighted by Gasteiger charge is -2.31. The lowest BCUT2D eigenvalue weighted by molar-refractivity contribution is 0.0770. The van der Waals surface area contributed by atoms with Crippen molar-refractivity contribution in [3.63, 3.8) is 0 Å². The predicted octanol–water partition coefficient (Wildman–Crippen LogP) is 2.33. The van der Waals surface area contributed by atoms with Gasteiger partial charge in [-0.15, -0.1) is 0 Å². The second kappa shape index (κ2) is 7.29. The highest BCUT2D eigenvalue weighted by Crippen LogP contribution is 2.35. The van der Waals surface area contributed by atoms with E-state index in [-0.39, 0.29) is 11.5 Å². The van der Waals surface area contributed by atoms with E-state index in [0.717, 1.165) is 12.1 Å². The van der Waals surface area contributed by atoms with E-state index in [4.69, 9.17) is 4.74 Å². The molecule has 0 saturated heterocycles. The van der Waals surface area contributed by atoms with Gasteiger partial charge in [-0.25, -0.2) is 9.97 Å². The van der Waals surface area contributed by atoms with Crippen LogP contribution >= 0.6 is 0 Å². The number of fused-ring (bicyclic) bond motifs is 2. The Morgan fingerprint density at radius 1 is 1.13 bits per heavy atom. The third-order valence-corrected chi connectivity index (χ3v) is 5.43. The highest BCUT2D eigenvalue weighted by molar-refractivity contribution is 5.95. The minimum atomic E-state index is -0.0808. The molecule has 0 spiro atoms. The van der Waals surface area contributed by atoms with Gasteiger partial charge in [0, 0.05) is 49.0 Å². The molecular weight excluding hydrogens is 382 g/mol. The van der Waals surface area contributed by atoms with Crippen LogP contribution in [0.2, 0.25) is 0 Å². The summed E-state index contributed by atoms with van der Waals surface area (Å²) in [7, 11) is 0. The zero-order chi connectivity index (χ0) is 20.7. The molecule has 0 saturated carbocycles. The third kappa shape index (κ3) is 3.10. The van der Waals surface area contributed by atoms with Crippen molar-refractivity contribution in [1.29, 1.82) is 0 Å². The second-order valence-corrected chi connectivity index (χ2v) is 7.42. The second-order valence-electron chi connectivity index (χ2n) is 7.42. The van der Waals surface area contributed by atoms with Crippen molar-refractivity contribution in [2.24, 2.45) is 0 Å². The van der Waals surface area contributed by atoms with Crippen LogP contribution in [0.15, 0.2) is 53.7 Å². The van der Waals surface area contributed by atoms with E-state index in [2.05, 4.69) is 16.0 Å². The van der Waals surface area contributed by atoms with Gasteiger partial charge in [0.2, 0.25) is 0 Å². The maximum atomic E-state index is 12.8. The highest BCUT2D eigenvalue weighted by Gasteiger charge is 2.25. The van der Waals surface area contributed by atoms with E-state index < -0.39 is 0 Å². The van der Waals surface area contributed by atoms with Crippen LogP contribution in [0.25, 0.3) is 5.65 Å². The fraction of sp³-hybridized carbons (Fsp3) is 0.273. The molecule has 2 aliphatic heterocycles. The van der Waals surface area contributed by atoms with Gasteiger partial charge in [-0.1, -0.05) is 12.2 Å². The Hall–Kier alpha value is -3.68. The molecule has 0 aromatic carbocycles. The molecule has 3 aromatic rings. The molecule has 5 rings (SSSR count). The first-order valence-corrected chi connectivity index (χ1v) is 9.94. The zero-order valence-electron chi connectivity index (χ0n) is 16.6. The maximum absolute atomic E-state index is 12.8. The number of carbonyl (C=O) groups is 1. The number of hydrogen-bond donors (Lipinski definition) is 0. The van der Waals surface area contributed by atoms with Gasteiger partial charge in [0.1, 0.15) is 12.3 Å². The van der Waals surface area contributed by atoms with Crippen molar-refractivity contribution in [2.75, 3.05) is 31.1 Å². The first-order valence-electron chi connectivity index (χ1n) is 9.94. The molecule has 0 radical (unpaired) electrons. The van der Waals surface area contributed by atoms with Crippen LogP contribution in [0.4, 0.5) is 11.5 Å². The first-order chi connectivity index (χ1) is 14.6. The molecule has 0 N–H and O–H groups in total. The molecule has 1 amide bonds. The molecule has 3 aromatic heterocycles. The summed E-state index contributed by atoms with van der Waals surface area (Å²) in [5.74, 6) is 1.18. The summed E-state index contributed by atoms with van der Waals surface area (Å²) in [6.07, 6.45) is 9.88. The van der Waals surface area contributed by atoms with Gasteiger partial charge in [0.05, 0.1) is 12.1 Å². The average Bonchev–Trinajstić information content (AvgIpc) is 2.80. The topological polar surface area (TPSA) is 80.0 Å². The van der Waals surface area contributed by atoms with E-state index >= 15 is 0 Å². The summed E-state index contributed by atoms with van der Waals surface area (Å²) in [6.45, 7) is 4.15. The summed E-state index contributed by atoms with van der Waals surface area (Å²) in [5.41, 5.74) is 2.47. The summed E-state index contributed by atoms with van der Waals surface area (Å²) >= 11 is 0. The molecule has 8 heteroatoms. The molecule has 0 aliphatic carbocycles. The number of amides is 1. The average molecular weight is 403 g/mol. The van der Waals surface area contributed by atoms with Crippen LogP contribution in [0.1, 0.15) is 22.3 Å². The van der Waals surface area contributed by atoms with Crippen molar-refractivity contribution in [2.45, 2.75) is 13.3 Å². The Morgan fingerprint density at radius 3 is 2.87 bits per heavy atom. The fourth-order valence-electron chi connectivity index (χ4n) is 3.80. The third-order valence-electron chi connectivity index (χ3n) is 5.43. The molecule has 5 heterocycles. The monoisotopic (exact) mass is 403 g/mol. The van der Waals surface area contributed by atoms with E-state index in [9.17, 15) is 9.59 Å². The van der Waals surface area contributed by atoms with Crippen LogP contribution in [-0.2, 0) is 0 Å². The minimum Gasteiger partial charge on any atom is -0.488 e. The summed E-state index contributed by atoms with van der Waals surface area (Å²) in [6, 6.07) is 5.49. The Balaban J connectivity index is 1.49. The molecule has 152 valence electrons. The largest absolute Gasteiger partial charge is 0.488 e. The van der Waals surface area contributed by atoms with E-state index in [1.54, 1.807) is 36.5 Å². The number of pyridine rings is 2. The van der Waals surface area contributed by atoms with Gasteiger partial charge in [-0.3, -0.25) is 14.0 Å². The summed E-state index contributed by atoms with van der Waals surface area (Å²) in [5, 5.41) is 0. The van der Waals surface area contributed by atoms with Crippen LogP contribution in [-0.4, -0.2) is 51.4 Å². The normalized spacial score (nSPS) is 15.8. The predicted molar refractivity (Wildman–Crippen MR) is 113 cm³/mol. The van der Waals surface area contributed by atoms with Gasteiger partial charge >= 0.3 is 0 Å². The molecule has 2 aliphatic rings. The zero-order valence-corrected chi connectivity index (χ0v) is 16.6. The number of rotatable bonds is 2. The first kappa shape index (κ1) is 18.4. The van der Waals surface area contributed by atoms with Gasteiger partial charge in [-0.2, -0.15) is 0 Å². The van der Waals surface area contributed by atoms with Crippen LogP contribution in [0, 0.1) is 6.92 Å². The number of hydrogen-bond acceptors (Lipinski definition) is 6. The van der Waals surface area contributed by atoms with Gasteiger partial charge in [0.15, 0.2) is 11.6 Å². The standard InChI is InChI=1S/C22H21N5O3/c1-15-13-23-19-12-17(5-8-27(19)21(15)28)26-9-10-30-18-11-16(14-24-20(18)26)22(29)25-6-3-2-4-7-25/h2-3,5,8,11-14H,4,6-7,9-10H2,1H3. The molecule has 0 fully saturated rings. The van der Waals surface area contributed by atoms with Crippen molar-refractivity contribution >= 4 is 23.1 Å². The van der Waals surface area contributed by atoms with Crippen molar-refractivity contribution in [1.82, 2.24) is 19.3 Å². The summed E-state index contributed by atoms with van der Waals surface area (Å²) < 4.78 is 7.35. The van der Waals surface area contributed by atoms with Crippen LogP contribution in [0.5, 0.6) is 5.75 Å². The van der Waals surface area contributed by atoms with E-state index in [0.29, 0.717) is 54.6 Å². The minimum absolute atomic E-state index is 0.0416. The Morgan fingerprint density at radius 2 is 2.03 bits per heavy atom. The quantitative estimate of drug-likeness (QED) is 0.611. The highest BCUT2D eigenvalue weighted by atomic mass is 16.5. The number of anilines is 2. The van der Waals surface area contributed by atoms with Crippen molar-refractivity contribution < 1.29 is 9.53 Å². The fourth-order valence-corrected chi connectivity index (χ4v) is 3.80. The van der Waals surface area contributed by atoms with Crippen molar-refractivity contribution in [3.05, 3.63) is 70.4 Å². The number of aromatic nitrogens is 3. The van der Waals surface area contributed by atoms with Gasteiger partial charge in [-0.05, 0) is 25.5 Å². The Labute approximate surface area is 173 Å². The molecule has 8 nitrogen and oxygen atoms in total. The maximum Gasteiger partial charge on any atom is 0.260 e. The smallest absolute Gasteiger partial charge is 0.260 e. The molecular formula is C22H21N5O3.